The lowest BCUT2D eigenvalue weighted by Gasteiger charge is -2.21. The summed E-state index contributed by atoms with van der Waals surface area (Å²) in [6.45, 7) is 2.34. The Balaban J connectivity index is 4.59. The van der Waals surface area contributed by atoms with Gasteiger partial charge in [-0.3, -0.25) is 32.5 Å². The molecule has 18 heteroatoms. The molecule has 0 spiro atoms. The van der Waals surface area contributed by atoms with Crippen molar-refractivity contribution in [2.24, 2.45) is 0 Å². The van der Waals surface area contributed by atoms with Crippen molar-refractivity contribution in [1.29, 1.82) is 0 Å². The van der Waals surface area contributed by atoms with E-state index in [0.29, 0.717) is 19.3 Å². The zero-order valence-electron chi connectivity index (χ0n) is 68.2. The van der Waals surface area contributed by atoms with Crippen LogP contribution in [0.3, 0.4) is 0 Å². The van der Waals surface area contributed by atoms with Gasteiger partial charge in [-0.15, -0.1) is 0 Å². The number of carbonyl (C=O) groups excluding carboxylic acids is 3. The van der Waals surface area contributed by atoms with Crippen LogP contribution in [0.5, 0.6) is 0 Å². The van der Waals surface area contributed by atoms with Crippen LogP contribution in [0.25, 0.3) is 0 Å². The first kappa shape index (κ1) is 104. The van der Waals surface area contributed by atoms with Gasteiger partial charge in [-0.05, 0) is 148 Å². The third kappa shape index (κ3) is 83.7. The number of aliphatic hydroxyl groups is 2. The molecular weight excluding hydrogens is 1410 g/mol. The summed E-state index contributed by atoms with van der Waals surface area (Å²) in [4.78, 5) is 58.8. The van der Waals surface area contributed by atoms with Crippen LogP contribution in [-0.2, 0) is 55.8 Å². The minimum Gasteiger partial charge on any atom is -0.463 e. The second kappa shape index (κ2) is 82.4. The topological polar surface area (TPSA) is 231 Å². The van der Waals surface area contributed by atoms with E-state index in [1.54, 1.807) is 0 Å². The number of rotatable bonds is 79. The third-order valence-electron chi connectivity index (χ3n) is 17.4. The van der Waals surface area contributed by atoms with Gasteiger partial charge in [-0.2, -0.15) is 0 Å². The van der Waals surface area contributed by atoms with Gasteiger partial charge >= 0.3 is 33.6 Å². The Hall–Kier alpha value is -5.09. The minimum absolute atomic E-state index is 0.0884. The summed E-state index contributed by atoms with van der Waals surface area (Å²) in [6, 6.07) is 0. The summed E-state index contributed by atoms with van der Waals surface area (Å²) < 4.78 is 61.3. The zero-order chi connectivity index (χ0) is 79.4. The van der Waals surface area contributed by atoms with Crippen molar-refractivity contribution in [3.8, 4) is 0 Å². The van der Waals surface area contributed by atoms with E-state index in [9.17, 15) is 43.5 Å². The van der Waals surface area contributed by atoms with E-state index in [2.05, 4.69) is 191 Å². The molecule has 0 bridgehead atoms. The maximum absolute atomic E-state index is 13.0. The highest BCUT2D eigenvalue weighted by Gasteiger charge is 2.29. The smallest absolute Gasteiger partial charge is 0.463 e. The fraction of sp³-hybridized carbons (Fsp3) is 0.659. The predicted octanol–water partition coefficient (Wildman–Crippen LogP) is 25.5. The molecule has 0 heterocycles. The van der Waals surface area contributed by atoms with Gasteiger partial charge in [-0.25, -0.2) is 9.13 Å². The SMILES string of the molecule is CC/C=C\C/C=C\C/C=C\C/C=C\C/C=C\C/C=C\CCCCCCCCCCCCC(=O)OCC(O)COP(=O)(O)OCC(O)COP(=O)(O)OCC(COC(=O)CCCCCCCCCCCCC/C=C\C/C=C\C/C=C\C/C=C\C/C=C\CC)OC(=O)CCCCCCCCC/C=C\C/C=C\C/C=C\CC. The summed E-state index contributed by atoms with van der Waals surface area (Å²) in [7, 11) is -9.81. The maximum Gasteiger partial charge on any atom is 0.472 e. The molecule has 0 amide bonds. The van der Waals surface area contributed by atoms with Crippen molar-refractivity contribution in [3.05, 3.63) is 170 Å². The lowest BCUT2D eigenvalue weighted by Crippen LogP contribution is -2.30. The van der Waals surface area contributed by atoms with Gasteiger partial charge in [-0.1, -0.05) is 332 Å². The first-order chi connectivity index (χ1) is 53.2. The molecule has 0 aromatic rings. The maximum atomic E-state index is 13.0. The van der Waals surface area contributed by atoms with Gasteiger partial charge in [0.25, 0.3) is 0 Å². The number of aliphatic hydroxyl groups excluding tert-OH is 2. The lowest BCUT2D eigenvalue weighted by molar-refractivity contribution is -0.161. The number of ether oxygens (including phenoxy) is 3. The molecule has 0 aliphatic heterocycles. The first-order valence-corrected chi connectivity index (χ1v) is 45.4. The van der Waals surface area contributed by atoms with E-state index < -0.39 is 91.5 Å². The van der Waals surface area contributed by atoms with Crippen molar-refractivity contribution in [2.45, 2.75) is 347 Å². The number of phosphoric ester groups is 2. The Bertz CT molecular complexity index is 2660. The highest BCUT2D eigenvalue weighted by Crippen LogP contribution is 2.45. The van der Waals surface area contributed by atoms with E-state index in [0.717, 1.165) is 199 Å². The molecule has 0 saturated heterocycles. The normalized spacial score (nSPS) is 14.7. The molecule has 0 aromatic heterocycles. The third-order valence-corrected chi connectivity index (χ3v) is 19.3. The van der Waals surface area contributed by atoms with E-state index >= 15 is 0 Å². The zero-order valence-corrected chi connectivity index (χ0v) is 70.0. The van der Waals surface area contributed by atoms with Gasteiger partial charge in [0.15, 0.2) is 6.10 Å². The minimum atomic E-state index is -4.94. The van der Waals surface area contributed by atoms with Crippen LogP contribution in [0.15, 0.2) is 170 Å². The Morgan fingerprint density at radius 3 is 0.725 bits per heavy atom. The Morgan fingerprint density at radius 2 is 0.459 bits per heavy atom. The quantitative estimate of drug-likeness (QED) is 0.0146. The largest absolute Gasteiger partial charge is 0.472 e. The van der Waals surface area contributed by atoms with Crippen LogP contribution in [0.1, 0.15) is 329 Å². The summed E-state index contributed by atoms with van der Waals surface area (Å²) in [6.07, 6.45) is 105. The fourth-order valence-corrected chi connectivity index (χ4v) is 12.7. The number of hydrogen-bond donors (Lipinski definition) is 4. The monoisotopic (exact) mass is 1560 g/mol. The number of unbranched alkanes of at least 4 members (excludes halogenated alkanes) is 28. The van der Waals surface area contributed by atoms with Crippen molar-refractivity contribution in [3.63, 3.8) is 0 Å². The van der Waals surface area contributed by atoms with Gasteiger partial charge < -0.3 is 34.2 Å². The molecule has 5 atom stereocenters. The number of phosphoric acid groups is 2. The van der Waals surface area contributed by atoms with Crippen LogP contribution in [0.4, 0.5) is 0 Å². The summed E-state index contributed by atoms with van der Waals surface area (Å²) >= 11 is 0. The molecule has 0 aliphatic carbocycles. The molecule has 0 radical (unpaired) electrons. The van der Waals surface area contributed by atoms with Crippen molar-refractivity contribution >= 4 is 33.6 Å². The number of allylic oxidation sites excluding steroid dienone is 28. The van der Waals surface area contributed by atoms with E-state index in [1.807, 2.05) is 0 Å². The van der Waals surface area contributed by atoms with Crippen molar-refractivity contribution in [1.82, 2.24) is 0 Å². The highest BCUT2D eigenvalue weighted by atomic mass is 31.2. The van der Waals surface area contributed by atoms with Crippen molar-refractivity contribution in [2.75, 3.05) is 39.6 Å². The molecule has 0 fully saturated rings. The molecule has 622 valence electrons. The number of carbonyl (C=O) groups is 3. The summed E-state index contributed by atoms with van der Waals surface area (Å²) in [5.74, 6) is -1.59. The van der Waals surface area contributed by atoms with Crippen LogP contribution in [0, 0.1) is 0 Å². The van der Waals surface area contributed by atoms with Crippen LogP contribution in [0.2, 0.25) is 0 Å². The number of esters is 3. The van der Waals surface area contributed by atoms with E-state index in [4.69, 9.17) is 32.3 Å². The summed E-state index contributed by atoms with van der Waals surface area (Å²) in [5, 5.41) is 20.7. The van der Waals surface area contributed by atoms with Gasteiger partial charge in [0, 0.05) is 19.3 Å². The molecule has 0 aromatic carbocycles. The summed E-state index contributed by atoms with van der Waals surface area (Å²) in [5.41, 5.74) is 0. The van der Waals surface area contributed by atoms with Crippen LogP contribution < -0.4 is 0 Å². The Kier molecular flexibility index (Phi) is 78.5. The van der Waals surface area contributed by atoms with Crippen LogP contribution >= 0.6 is 15.6 Å². The predicted molar refractivity (Wildman–Crippen MR) is 454 cm³/mol. The molecule has 16 nitrogen and oxygen atoms in total. The lowest BCUT2D eigenvalue weighted by atomic mass is 10.0. The molecule has 0 saturated carbocycles. The second-order valence-corrected chi connectivity index (χ2v) is 30.7. The molecular formula is C91H152O16P2. The molecule has 109 heavy (non-hydrogen) atoms. The standard InChI is InChI=1S/C91H152O16P2/c1-4-7-10-13-16-19-22-25-28-31-33-35-37-39-41-42-44-46-47-49-51-54-56-59-62-65-68-71-74-77-89(94)101-80-86(92)81-103-108(97,98)104-82-87(93)83-105-109(99,100)106-85-88(107-91(96)79-76-73-70-67-64-61-58-53-30-27-24-21-18-15-12-9-6-3)84-102-90(95)78-75-72-69-66-63-60-57-55-52-50-48-45-43-40-38-36-34-32-29-26-23-20-17-14-11-8-5-2/h7-12,16-21,25-30,33-36,39-41,43-44,46,86-88,92-93H,4-6,13-15,22-24,31-32,37-38,42,45,47-85H2,1-3H3,(H,97,98)(H,99,100)/b10-7-,11-8-,12-9-,19-16-,20-17-,21-18-,28-25-,29-26-,30-27-,35-33-,36-34-,41-39-,43-40-,46-44-. The highest BCUT2D eigenvalue weighted by molar-refractivity contribution is 7.47. The van der Waals surface area contributed by atoms with Gasteiger partial charge in [0.1, 0.15) is 25.4 Å². The molecule has 5 unspecified atom stereocenters. The van der Waals surface area contributed by atoms with Crippen molar-refractivity contribution < 1.29 is 75.8 Å². The molecule has 0 rings (SSSR count). The molecule has 4 N–H and O–H groups in total. The van der Waals surface area contributed by atoms with Crippen LogP contribution in [-0.4, -0.2) is 95.9 Å². The van der Waals surface area contributed by atoms with E-state index in [1.165, 1.54) is 70.6 Å². The van der Waals surface area contributed by atoms with Gasteiger partial charge in [0.05, 0.1) is 26.4 Å². The van der Waals surface area contributed by atoms with E-state index in [-0.39, 0.29) is 19.3 Å². The van der Waals surface area contributed by atoms with Gasteiger partial charge in [0.2, 0.25) is 0 Å². The second-order valence-electron chi connectivity index (χ2n) is 27.8. The average Bonchev–Trinajstić information content (AvgIpc) is 0.902. The molecule has 0 aliphatic rings. The fourth-order valence-electron chi connectivity index (χ4n) is 11.1. The Morgan fingerprint density at radius 1 is 0.257 bits per heavy atom. The first-order valence-electron chi connectivity index (χ1n) is 42.4. The Labute approximate surface area is 662 Å². The number of hydrogen-bond acceptors (Lipinski definition) is 14. The average molecular weight is 1560 g/mol.